The molecule has 9 heteroatoms. The predicted octanol–water partition coefficient (Wildman–Crippen LogP) is -2.68. The summed E-state index contributed by atoms with van der Waals surface area (Å²) in [5.41, 5.74) is 20.8. The third kappa shape index (κ3) is 8.86. The number of hydrogen-bond acceptors (Lipinski definition) is 5. The fourth-order valence-electron chi connectivity index (χ4n) is 1.41. The molecule has 9 N–H and O–H groups in total. The third-order valence-corrected chi connectivity index (χ3v) is 2.50. The first-order chi connectivity index (χ1) is 9.36. The summed E-state index contributed by atoms with van der Waals surface area (Å²) in [5, 5.41) is 2.48. The average molecular weight is 286 g/mol. The van der Waals surface area contributed by atoms with E-state index >= 15 is 0 Å². The fraction of sp³-hybridized carbons (Fsp3) is 0.636. The molecule has 0 aromatic carbocycles. The second kappa shape index (κ2) is 9.73. The van der Waals surface area contributed by atoms with Crippen molar-refractivity contribution in [1.82, 2.24) is 5.32 Å². The Balaban J connectivity index is 4.08. The Morgan fingerprint density at radius 3 is 2.35 bits per heavy atom. The first kappa shape index (κ1) is 17.8. The van der Waals surface area contributed by atoms with Crippen molar-refractivity contribution in [3.63, 3.8) is 0 Å². The van der Waals surface area contributed by atoms with Crippen LogP contribution in [-0.2, 0) is 14.4 Å². The zero-order valence-electron chi connectivity index (χ0n) is 11.2. The minimum atomic E-state index is -0.873. The van der Waals surface area contributed by atoms with Crippen LogP contribution >= 0.6 is 0 Å². The van der Waals surface area contributed by atoms with E-state index in [1.807, 2.05) is 0 Å². The zero-order valence-corrected chi connectivity index (χ0v) is 11.2. The highest BCUT2D eigenvalue weighted by Gasteiger charge is 2.17. The van der Waals surface area contributed by atoms with Crippen molar-refractivity contribution >= 4 is 24.1 Å². The van der Waals surface area contributed by atoms with Crippen LogP contribution in [0.2, 0.25) is 0 Å². The molecule has 0 aliphatic carbocycles. The van der Waals surface area contributed by atoms with E-state index in [-0.39, 0.29) is 18.8 Å². The van der Waals surface area contributed by atoms with Gasteiger partial charge in [0.1, 0.15) is 6.29 Å². The minimum absolute atomic E-state index is 0.0187. The van der Waals surface area contributed by atoms with Gasteiger partial charge in [0.25, 0.3) is 0 Å². The highest BCUT2D eigenvalue weighted by molar-refractivity contribution is 5.85. The lowest BCUT2D eigenvalue weighted by Crippen LogP contribution is -2.46. The number of nitrogens with one attached hydrogen (secondary N) is 1. The Labute approximate surface area is 117 Å². The largest absolute Gasteiger partial charge is 0.370 e. The number of amides is 2. The SMILES string of the molecule is NC(=O)CCC(N)C(=O)NC(C=O)CCCN=C(N)N. The summed E-state index contributed by atoms with van der Waals surface area (Å²) in [5.74, 6) is -1.05. The Bertz CT molecular complexity index is 367. The summed E-state index contributed by atoms with van der Waals surface area (Å²) in [6.45, 7) is 0.371. The number of aliphatic imine (C=N–C) groups is 1. The summed E-state index contributed by atoms with van der Waals surface area (Å²) in [6.07, 6.45) is 1.71. The maximum Gasteiger partial charge on any atom is 0.237 e. The molecule has 114 valence electrons. The van der Waals surface area contributed by atoms with Gasteiger partial charge in [0.2, 0.25) is 11.8 Å². The topological polar surface area (TPSA) is 180 Å². The molecule has 0 spiro atoms. The second-order valence-electron chi connectivity index (χ2n) is 4.31. The van der Waals surface area contributed by atoms with E-state index in [2.05, 4.69) is 10.3 Å². The van der Waals surface area contributed by atoms with Crippen LogP contribution in [0.4, 0.5) is 0 Å². The third-order valence-electron chi connectivity index (χ3n) is 2.50. The van der Waals surface area contributed by atoms with Gasteiger partial charge in [0.15, 0.2) is 5.96 Å². The highest BCUT2D eigenvalue weighted by atomic mass is 16.2. The van der Waals surface area contributed by atoms with Gasteiger partial charge < -0.3 is 33.0 Å². The van der Waals surface area contributed by atoms with Crippen LogP contribution in [0.3, 0.4) is 0 Å². The number of carbonyl (C=O) groups excluding carboxylic acids is 3. The van der Waals surface area contributed by atoms with Crippen molar-refractivity contribution in [3.8, 4) is 0 Å². The molecule has 0 rings (SSSR count). The molecule has 0 aromatic heterocycles. The summed E-state index contributed by atoms with van der Waals surface area (Å²) >= 11 is 0. The lowest BCUT2D eigenvalue weighted by molar-refractivity contribution is -0.125. The standard InChI is InChI=1S/C11H22N6O3/c12-8(3-4-9(13)19)10(20)17-7(6-18)2-1-5-16-11(14)15/h6-8H,1-5,12H2,(H2,13,19)(H,17,20)(H4,14,15,16). The molecular formula is C11H22N6O3. The predicted molar refractivity (Wildman–Crippen MR) is 74.3 cm³/mol. The normalized spacial score (nSPS) is 13.1. The van der Waals surface area contributed by atoms with E-state index in [9.17, 15) is 14.4 Å². The molecule has 0 aromatic rings. The van der Waals surface area contributed by atoms with E-state index in [4.69, 9.17) is 22.9 Å². The Hall–Kier alpha value is -2.16. The average Bonchev–Trinajstić information content (AvgIpc) is 2.38. The van der Waals surface area contributed by atoms with Crippen molar-refractivity contribution in [2.75, 3.05) is 6.54 Å². The number of hydrogen-bond donors (Lipinski definition) is 5. The van der Waals surface area contributed by atoms with Gasteiger partial charge in [-0.3, -0.25) is 14.6 Å². The smallest absolute Gasteiger partial charge is 0.237 e. The molecule has 20 heavy (non-hydrogen) atoms. The molecule has 0 fully saturated rings. The van der Waals surface area contributed by atoms with Gasteiger partial charge in [-0.15, -0.1) is 0 Å². The molecule has 0 saturated heterocycles. The van der Waals surface area contributed by atoms with Gasteiger partial charge in [0, 0.05) is 13.0 Å². The van der Waals surface area contributed by atoms with Crippen LogP contribution in [0.15, 0.2) is 4.99 Å². The number of aldehydes is 1. The minimum Gasteiger partial charge on any atom is -0.370 e. The molecule has 0 heterocycles. The van der Waals surface area contributed by atoms with Gasteiger partial charge in [-0.05, 0) is 19.3 Å². The Morgan fingerprint density at radius 1 is 1.20 bits per heavy atom. The van der Waals surface area contributed by atoms with E-state index in [1.54, 1.807) is 0 Å². The maximum atomic E-state index is 11.7. The van der Waals surface area contributed by atoms with Crippen LogP contribution in [0.1, 0.15) is 25.7 Å². The van der Waals surface area contributed by atoms with Gasteiger partial charge in [-0.1, -0.05) is 0 Å². The fourth-order valence-corrected chi connectivity index (χ4v) is 1.41. The van der Waals surface area contributed by atoms with Crippen molar-refractivity contribution in [3.05, 3.63) is 0 Å². The number of nitrogens with two attached hydrogens (primary N) is 4. The van der Waals surface area contributed by atoms with Crippen LogP contribution in [-0.4, -0.2) is 42.7 Å². The monoisotopic (exact) mass is 286 g/mol. The summed E-state index contributed by atoms with van der Waals surface area (Å²) in [7, 11) is 0. The van der Waals surface area contributed by atoms with Gasteiger partial charge in [-0.2, -0.15) is 0 Å². The summed E-state index contributed by atoms with van der Waals surface area (Å²) < 4.78 is 0. The van der Waals surface area contributed by atoms with Crippen molar-refractivity contribution in [1.29, 1.82) is 0 Å². The molecule has 2 amide bonds. The molecule has 0 aliphatic rings. The molecule has 2 atom stereocenters. The maximum absolute atomic E-state index is 11.7. The Kier molecular flexibility index (Phi) is 8.68. The molecule has 0 aliphatic heterocycles. The van der Waals surface area contributed by atoms with E-state index in [1.165, 1.54) is 0 Å². The van der Waals surface area contributed by atoms with Gasteiger partial charge >= 0.3 is 0 Å². The zero-order chi connectivity index (χ0) is 15.5. The van der Waals surface area contributed by atoms with E-state index < -0.39 is 23.9 Å². The molecular weight excluding hydrogens is 264 g/mol. The van der Waals surface area contributed by atoms with Crippen LogP contribution in [0.5, 0.6) is 0 Å². The number of rotatable bonds is 10. The lowest BCUT2D eigenvalue weighted by Gasteiger charge is -2.16. The lowest BCUT2D eigenvalue weighted by atomic mass is 10.1. The molecule has 0 saturated carbocycles. The molecule has 0 radical (unpaired) electrons. The summed E-state index contributed by atoms with van der Waals surface area (Å²) in [4.78, 5) is 36.8. The number of nitrogens with zero attached hydrogens (tertiary/aromatic N) is 1. The van der Waals surface area contributed by atoms with Gasteiger partial charge in [0.05, 0.1) is 12.1 Å². The molecule has 0 bridgehead atoms. The van der Waals surface area contributed by atoms with Gasteiger partial charge in [-0.25, -0.2) is 0 Å². The van der Waals surface area contributed by atoms with Crippen molar-refractivity contribution in [2.24, 2.45) is 27.9 Å². The number of primary amides is 1. The van der Waals surface area contributed by atoms with Crippen LogP contribution in [0.25, 0.3) is 0 Å². The van der Waals surface area contributed by atoms with Crippen molar-refractivity contribution < 1.29 is 14.4 Å². The molecule has 2 unspecified atom stereocenters. The first-order valence-electron chi connectivity index (χ1n) is 6.21. The van der Waals surface area contributed by atoms with E-state index in [0.29, 0.717) is 25.7 Å². The quantitative estimate of drug-likeness (QED) is 0.126. The molecule has 9 nitrogen and oxygen atoms in total. The van der Waals surface area contributed by atoms with Crippen LogP contribution < -0.4 is 28.3 Å². The number of carbonyl (C=O) groups is 3. The highest BCUT2D eigenvalue weighted by Crippen LogP contribution is 1.99. The second-order valence-corrected chi connectivity index (χ2v) is 4.31. The van der Waals surface area contributed by atoms with E-state index in [0.717, 1.165) is 0 Å². The Morgan fingerprint density at radius 2 is 1.85 bits per heavy atom. The van der Waals surface area contributed by atoms with Crippen molar-refractivity contribution in [2.45, 2.75) is 37.8 Å². The number of guanidine groups is 1. The van der Waals surface area contributed by atoms with Crippen LogP contribution in [0, 0.1) is 0 Å². The first-order valence-corrected chi connectivity index (χ1v) is 6.21. The summed E-state index contributed by atoms with van der Waals surface area (Å²) in [6, 6.07) is -1.53.